The summed E-state index contributed by atoms with van der Waals surface area (Å²) in [6, 6.07) is 16.3. The number of ether oxygens (including phenoxy) is 1. The van der Waals surface area contributed by atoms with Gasteiger partial charge in [-0.3, -0.25) is 9.59 Å². The number of carbonyl (C=O) groups excluding carboxylic acids is 2. The Hall–Kier alpha value is -2.53. The normalized spacial score (nSPS) is 14.9. The van der Waals surface area contributed by atoms with Gasteiger partial charge in [-0.25, -0.2) is 0 Å². The SMILES string of the molecule is CC[C@@H](C(=O)NC1CCCC1)N(Cc1ccccc1)C(=O)COc1ccc(Cl)cc1. The van der Waals surface area contributed by atoms with Crippen molar-refractivity contribution in [3.8, 4) is 5.75 Å². The molecule has 0 saturated heterocycles. The first-order chi connectivity index (χ1) is 14.6. The number of amides is 2. The average molecular weight is 429 g/mol. The average Bonchev–Trinajstić information content (AvgIpc) is 3.26. The molecule has 0 radical (unpaired) electrons. The van der Waals surface area contributed by atoms with Crippen LogP contribution in [0.25, 0.3) is 0 Å². The second kappa shape index (κ2) is 11.0. The first kappa shape index (κ1) is 22.2. The number of hydrogen-bond acceptors (Lipinski definition) is 3. The van der Waals surface area contributed by atoms with Crippen molar-refractivity contribution in [2.75, 3.05) is 6.61 Å². The van der Waals surface area contributed by atoms with Crippen molar-refractivity contribution in [3.05, 3.63) is 65.2 Å². The Kier molecular flexibility index (Phi) is 8.14. The molecule has 0 aliphatic heterocycles. The molecule has 1 saturated carbocycles. The number of nitrogens with zero attached hydrogens (tertiary/aromatic N) is 1. The van der Waals surface area contributed by atoms with Gasteiger partial charge in [0.05, 0.1) is 0 Å². The van der Waals surface area contributed by atoms with Crippen molar-refractivity contribution in [1.82, 2.24) is 10.2 Å². The second-order valence-electron chi connectivity index (χ2n) is 7.66. The molecule has 0 unspecified atom stereocenters. The minimum absolute atomic E-state index is 0.0832. The fraction of sp³-hybridized carbons (Fsp3) is 0.417. The molecule has 6 heteroatoms. The molecule has 0 aromatic heterocycles. The molecule has 30 heavy (non-hydrogen) atoms. The molecule has 160 valence electrons. The fourth-order valence-electron chi connectivity index (χ4n) is 3.83. The third kappa shape index (κ3) is 6.23. The van der Waals surface area contributed by atoms with Crippen LogP contribution in [-0.2, 0) is 16.1 Å². The minimum Gasteiger partial charge on any atom is -0.484 e. The summed E-state index contributed by atoms with van der Waals surface area (Å²) in [5.41, 5.74) is 0.976. The number of hydrogen-bond donors (Lipinski definition) is 1. The molecule has 2 aromatic carbocycles. The summed E-state index contributed by atoms with van der Waals surface area (Å²) in [5.74, 6) is 0.262. The first-order valence-corrected chi connectivity index (χ1v) is 11.0. The molecular weight excluding hydrogens is 400 g/mol. The van der Waals surface area contributed by atoms with Gasteiger partial charge in [-0.05, 0) is 49.1 Å². The van der Waals surface area contributed by atoms with E-state index < -0.39 is 6.04 Å². The number of nitrogens with one attached hydrogen (secondary N) is 1. The Bertz CT molecular complexity index is 820. The summed E-state index contributed by atoms with van der Waals surface area (Å²) in [6.45, 7) is 2.16. The Morgan fingerprint density at radius 2 is 1.77 bits per heavy atom. The van der Waals surface area contributed by atoms with Crippen LogP contribution < -0.4 is 10.1 Å². The first-order valence-electron chi connectivity index (χ1n) is 10.6. The van der Waals surface area contributed by atoms with Gasteiger partial charge in [-0.2, -0.15) is 0 Å². The minimum atomic E-state index is -0.535. The summed E-state index contributed by atoms with van der Waals surface area (Å²) >= 11 is 5.90. The quantitative estimate of drug-likeness (QED) is 0.635. The van der Waals surface area contributed by atoms with Gasteiger partial charge in [-0.15, -0.1) is 0 Å². The van der Waals surface area contributed by atoms with E-state index in [9.17, 15) is 9.59 Å². The van der Waals surface area contributed by atoms with Crippen LogP contribution in [0.5, 0.6) is 5.75 Å². The summed E-state index contributed by atoms with van der Waals surface area (Å²) in [6.07, 6.45) is 4.84. The third-order valence-electron chi connectivity index (χ3n) is 5.46. The predicted molar refractivity (Wildman–Crippen MR) is 118 cm³/mol. The molecule has 1 N–H and O–H groups in total. The fourth-order valence-corrected chi connectivity index (χ4v) is 3.95. The van der Waals surface area contributed by atoms with E-state index in [0.717, 1.165) is 31.2 Å². The topological polar surface area (TPSA) is 58.6 Å². The van der Waals surface area contributed by atoms with E-state index in [0.29, 0.717) is 23.7 Å². The molecule has 1 fully saturated rings. The van der Waals surface area contributed by atoms with Gasteiger partial charge in [0.25, 0.3) is 5.91 Å². The predicted octanol–water partition coefficient (Wildman–Crippen LogP) is 4.59. The molecule has 1 aliphatic rings. The zero-order chi connectivity index (χ0) is 21.3. The molecule has 3 rings (SSSR count). The van der Waals surface area contributed by atoms with Crippen molar-refractivity contribution in [2.24, 2.45) is 0 Å². The largest absolute Gasteiger partial charge is 0.484 e. The Morgan fingerprint density at radius 1 is 1.10 bits per heavy atom. The van der Waals surface area contributed by atoms with Crippen molar-refractivity contribution < 1.29 is 14.3 Å². The maximum Gasteiger partial charge on any atom is 0.261 e. The van der Waals surface area contributed by atoms with E-state index in [1.54, 1.807) is 29.2 Å². The Morgan fingerprint density at radius 3 is 2.40 bits per heavy atom. The Balaban J connectivity index is 1.72. The zero-order valence-corrected chi connectivity index (χ0v) is 18.1. The van der Waals surface area contributed by atoms with Crippen LogP contribution in [-0.4, -0.2) is 35.4 Å². The van der Waals surface area contributed by atoms with Crippen LogP contribution in [0.1, 0.15) is 44.6 Å². The van der Waals surface area contributed by atoms with E-state index >= 15 is 0 Å². The molecule has 0 bridgehead atoms. The molecule has 0 heterocycles. The van der Waals surface area contributed by atoms with Gasteiger partial charge in [-0.1, -0.05) is 61.7 Å². The molecule has 2 amide bonds. The molecular formula is C24H29ClN2O3. The monoisotopic (exact) mass is 428 g/mol. The molecule has 0 spiro atoms. The highest BCUT2D eigenvalue weighted by atomic mass is 35.5. The maximum atomic E-state index is 13.1. The zero-order valence-electron chi connectivity index (χ0n) is 17.4. The van der Waals surface area contributed by atoms with Gasteiger partial charge in [0.15, 0.2) is 6.61 Å². The van der Waals surface area contributed by atoms with Crippen LogP contribution in [0.2, 0.25) is 5.02 Å². The molecule has 1 atom stereocenters. The second-order valence-corrected chi connectivity index (χ2v) is 8.10. The lowest BCUT2D eigenvalue weighted by molar-refractivity contribution is -0.143. The van der Waals surface area contributed by atoms with Gasteiger partial charge >= 0.3 is 0 Å². The standard InChI is InChI=1S/C24H29ClN2O3/c1-2-22(24(29)26-20-10-6-7-11-20)27(16-18-8-4-3-5-9-18)23(28)17-30-21-14-12-19(25)13-15-21/h3-5,8-9,12-15,20,22H,2,6-7,10-11,16-17H2,1H3,(H,26,29)/t22-/m0/s1. The summed E-state index contributed by atoms with van der Waals surface area (Å²) in [4.78, 5) is 27.8. The van der Waals surface area contributed by atoms with Crippen LogP contribution >= 0.6 is 11.6 Å². The number of rotatable bonds is 9. The van der Waals surface area contributed by atoms with Gasteiger partial charge in [0.2, 0.25) is 5.91 Å². The number of halogens is 1. The van der Waals surface area contributed by atoms with Gasteiger partial charge in [0, 0.05) is 17.6 Å². The highest BCUT2D eigenvalue weighted by Gasteiger charge is 2.30. The molecule has 1 aliphatic carbocycles. The van der Waals surface area contributed by atoms with E-state index in [1.165, 1.54) is 0 Å². The van der Waals surface area contributed by atoms with Gasteiger partial charge < -0.3 is 15.0 Å². The lowest BCUT2D eigenvalue weighted by Crippen LogP contribution is -2.52. The van der Waals surface area contributed by atoms with Crippen molar-refractivity contribution >= 4 is 23.4 Å². The lowest BCUT2D eigenvalue weighted by Gasteiger charge is -2.31. The molecule has 5 nitrogen and oxygen atoms in total. The lowest BCUT2D eigenvalue weighted by atomic mass is 10.1. The maximum absolute atomic E-state index is 13.1. The highest BCUT2D eigenvalue weighted by Crippen LogP contribution is 2.20. The van der Waals surface area contributed by atoms with Crippen LogP contribution in [0.4, 0.5) is 0 Å². The highest BCUT2D eigenvalue weighted by molar-refractivity contribution is 6.30. The van der Waals surface area contributed by atoms with E-state index in [-0.39, 0.29) is 24.5 Å². The van der Waals surface area contributed by atoms with Crippen LogP contribution in [0.15, 0.2) is 54.6 Å². The smallest absolute Gasteiger partial charge is 0.261 e. The van der Waals surface area contributed by atoms with E-state index in [4.69, 9.17) is 16.3 Å². The summed E-state index contributed by atoms with van der Waals surface area (Å²) in [7, 11) is 0. The van der Waals surface area contributed by atoms with E-state index in [2.05, 4.69) is 5.32 Å². The molecule has 2 aromatic rings. The number of carbonyl (C=O) groups is 2. The van der Waals surface area contributed by atoms with Crippen molar-refractivity contribution in [1.29, 1.82) is 0 Å². The summed E-state index contributed by atoms with van der Waals surface area (Å²) in [5, 5.41) is 3.75. The number of benzene rings is 2. The summed E-state index contributed by atoms with van der Waals surface area (Å²) < 4.78 is 5.67. The van der Waals surface area contributed by atoms with Crippen molar-refractivity contribution in [2.45, 2.75) is 57.7 Å². The third-order valence-corrected chi connectivity index (χ3v) is 5.71. The Labute approximate surface area is 183 Å². The van der Waals surface area contributed by atoms with Crippen LogP contribution in [0.3, 0.4) is 0 Å². The van der Waals surface area contributed by atoms with Gasteiger partial charge in [0.1, 0.15) is 11.8 Å². The van der Waals surface area contributed by atoms with E-state index in [1.807, 2.05) is 37.3 Å². The van der Waals surface area contributed by atoms with Crippen molar-refractivity contribution in [3.63, 3.8) is 0 Å². The van der Waals surface area contributed by atoms with Crippen LogP contribution in [0, 0.1) is 0 Å².